The average molecular weight is 452 g/mol. The van der Waals surface area contributed by atoms with Gasteiger partial charge < -0.3 is 5.32 Å². The Morgan fingerprint density at radius 2 is 2.00 bits per heavy atom. The molecule has 1 atom stereocenters. The maximum absolute atomic E-state index is 12.9. The number of thiazole rings is 1. The third-order valence-electron chi connectivity index (χ3n) is 4.22. The number of amides is 1. The van der Waals surface area contributed by atoms with Crippen molar-refractivity contribution < 1.29 is 13.2 Å². The number of aromatic nitrogens is 1. The molecular formula is C18H17N3O3S4. The topological polar surface area (TPSA) is 79.4 Å². The van der Waals surface area contributed by atoms with Crippen molar-refractivity contribution >= 4 is 50.4 Å². The summed E-state index contributed by atoms with van der Waals surface area (Å²) in [4.78, 5) is 18.5. The Labute approximate surface area is 175 Å². The molecule has 1 aromatic carbocycles. The molecule has 146 valence electrons. The molecule has 0 radical (unpaired) electrons. The van der Waals surface area contributed by atoms with Gasteiger partial charge in [0.15, 0.2) is 0 Å². The van der Waals surface area contributed by atoms with Crippen LogP contribution in [0.15, 0.2) is 58.1 Å². The average Bonchev–Trinajstić information content (AvgIpc) is 3.48. The number of sulfonamides is 1. The lowest BCUT2D eigenvalue weighted by Gasteiger charge is -2.22. The van der Waals surface area contributed by atoms with Gasteiger partial charge in [0.1, 0.15) is 11.0 Å². The fourth-order valence-electron chi connectivity index (χ4n) is 2.80. The van der Waals surface area contributed by atoms with Crippen LogP contribution in [0.1, 0.15) is 5.69 Å². The van der Waals surface area contributed by atoms with Gasteiger partial charge in [-0.2, -0.15) is 4.31 Å². The van der Waals surface area contributed by atoms with Crippen molar-refractivity contribution in [3.8, 4) is 9.88 Å². The Hall–Kier alpha value is -1.72. The summed E-state index contributed by atoms with van der Waals surface area (Å²) >= 11 is 4.59. The third kappa shape index (κ3) is 4.01. The molecule has 1 unspecified atom stereocenters. The Balaban J connectivity index is 1.43. The largest absolute Gasteiger partial charge is 0.349 e. The molecule has 1 fully saturated rings. The first-order valence-electron chi connectivity index (χ1n) is 8.46. The zero-order valence-corrected chi connectivity index (χ0v) is 17.9. The molecule has 1 aliphatic heterocycles. The molecule has 2 aromatic heterocycles. The van der Waals surface area contributed by atoms with Crippen LogP contribution in [0.2, 0.25) is 0 Å². The normalized spacial score (nSPS) is 17.6. The number of carbonyl (C=O) groups is 1. The first-order valence-corrected chi connectivity index (χ1v) is 12.8. The van der Waals surface area contributed by atoms with Crippen LogP contribution in [0, 0.1) is 0 Å². The van der Waals surface area contributed by atoms with Gasteiger partial charge in [0.25, 0.3) is 0 Å². The van der Waals surface area contributed by atoms with Crippen molar-refractivity contribution in [2.24, 2.45) is 0 Å². The summed E-state index contributed by atoms with van der Waals surface area (Å²) in [6, 6.07) is 11.5. The van der Waals surface area contributed by atoms with Crippen LogP contribution in [-0.2, 0) is 21.4 Å². The van der Waals surface area contributed by atoms with Crippen molar-refractivity contribution in [3.05, 3.63) is 58.9 Å². The van der Waals surface area contributed by atoms with Crippen molar-refractivity contribution in [3.63, 3.8) is 0 Å². The van der Waals surface area contributed by atoms with E-state index in [1.54, 1.807) is 41.7 Å². The molecule has 10 heteroatoms. The standard InChI is InChI=1S/C18H17N3O3S4/c22-17(19-9-13-10-27-18(20-13)16-7-4-8-26-16)15-11-25-12-21(15)28(23,24)14-5-2-1-3-6-14/h1-8,10,15H,9,11-12H2,(H,19,22). The zero-order chi connectivity index (χ0) is 19.6. The molecule has 1 saturated heterocycles. The van der Waals surface area contributed by atoms with Gasteiger partial charge in [-0.15, -0.1) is 34.4 Å². The van der Waals surface area contributed by atoms with Crippen LogP contribution in [0.4, 0.5) is 0 Å². The Morgan fingerprint density at radius 1 is 1.18 bits per heavy atom. The summed E-state index contributed by atoms with van der Waals surface area (Å²) in [5, 5.41) is 7.67. The lowest BCUT2D eigenvalue weighted by atomic mass is 10.3. The molecule has 4 rings (SSSR count). The monoisotopic (exact) mass is 451 g/mol. The number of nitrogens with zero attached hydrogens (tertiary/aromatic N) is 2. The van der Waals surface area contributed by atoms with Crippen molar-refractivity contribution in [1.82, 2.24) is 14.6 Å². The smallest absolute Gasteiger partial charge is 0.244 e. The van der Waals surface area contributed by atoms with E-state index in [0.717, 1.165) is 15.6 Å². The molecule has 1 aliphatic rings. The minimum absolute atomic E-state index is 0.204. The highest BCUT2D eigenvalue weighted by atomic mass is 32.2. The molecule has 1 amide bonds. The Morgan fingerprint density at radius 3 is 2.75 bits per heavy atom. The second-order valence-electron chi connectivity index (χ2n) is 6.06. The highest BCUT2D eigenvalue weighted by Crippen LogP contribution is 2.29. The van der Waals surface area contributed by atoms with E-state index in [1.165, 1.54) is 27.4 Å². The molecule has 0 spiro atoms. The highest BCUT2D eigenvalue weighted by Gasteiger charge is 2.39. The minimum Gasteiger partial charge on any atom is -0.349 e. The van der Waals surface area contributed by atoms with E-state index < -0.39 is 16.1 Å². The molecule has 3 aromatic rings. The Kier molecular flexibility index (Phi) is 5.83. The van der Waals surface area contributed by atoms with Gasteiger partial charge in [0, 0.05) is 11.1 Å². The number of carbonyl (C=O) groups excluding carboxylic acids is 1. The number of nitrogens with one attached hydrogen (secondary N) is 1. The molecule has 1 N–H and O–H groups in total. The van der Waals surface area contributed by atoms with E-state index in [1.807, 2.05) is 22.9 Å². The van der Waals surface area contributed by atoms with Gasteiger partial charge in [-0.3, -0.25) is 4.79 Å². The first-order chi connectivity index (χ1) is 13.6. The quantitative estimate of drug-likeness (QED) is 0.622. The summed E-state index contributed by atoms with van der Waals surface area (Å²) in [5.41, 5.74) is 0.768. The van der Waals surface area contributed by atoms with Crippen LogP contribution in [0.5, 0.6) is 0 Å². The van der Waals surface area contributed by atoms with E-state index in [9.17, 15) is 13.2 Å². The molecule has 3 heterocycles. The number of hydrogen-bond acceptors (Lipinski definition) is 7. The number of rotatable bonds is 6. The predicted molar refractivity (Wildman–Crippen MR) is 114 cm³/mol. The maximum atomic E-state index is 12.9. The summed E-state index contributed by atoms with van der Waals surface area (Å²) in [6.07, 6.45) is 0. The van der Waals surface area contributed by atoms with Gasteiger partial charge in [-0.25, -0.2) is 13.4 Å². The van der Waals surface area contributed by atoms with E-state index in [4.69, 9.17) is 0 Å². The maximum Gasteiger partial charge on any atom is 0.244 e. The van der Waals surface area contributed by atoms with E-state index in [0.29, 0.717) is 5.75 Å². The number of benzene rings is 1. The van der Waals surface area contributed by atoms with Crippen molar-refractivity contribution in [1.29, 1.82) is 0 Å². The molecule has 0 aliphatic carbocycles. The summed E-state index contributed by atoms with van der Waals surface area (Å²) < 4.78 is 27.0. The lowest BCUT2D eigenvalue weighted by Crippen LogP contribution is -2.46. The van der Waals surface area contributed by atoms with Gasteiger partial charge in [-0.05, 0) is 23.6 Å². The van der Waals surface area contributed by atoms with Crippen LogP contribution < -0.4 is 5.32 Å². The van der Waals surface area contributed by atoms with Gasteiger partial charge in [-0.1, -0.05) is 24.3 Å². The van der Waals surface area contributed by atoms with E-state index in [2.05, 4.69) is 10.3 Å². The summed E-state index contributed by atoms with van der Waals surface area (Å²) in [7, 11) is -3.70. The van der Waals surface area contributed by atoms with Crippen molar-refractivity contribution in [2.45, 2.75) is 17.5 Å². The zero-order valence-electron chi connectivity index (χ0n) is 14.6. The number of thioether (sulfide) groups is 1. The van der Waals surface area contributed by atoms with Gasteiger partial charge in [0.05, 0.1) is 27.9 Å². The SMILES string of the molecule is O=C(NCc1csc(-c2cccs2)n1)C1CSCN1S(=O)(=O)c1ccccc1. The Bertz CT molecular complexity index is 1050. The van der Waals surface area contributed by atoms with Crippen LogP contribution >= 0.6 is 34.4 Å². The summed E-state index contributed by atoms with van der Waals surface area (Å²) in [6.45, 7) is 0.279. The molecule has 6 nitrogen and oxygen atoms in total. The summed E-state index contributed by atoms with van der Waals surface area (Å²) in [5.74, 6) is 0.416. The van der Waals surface area contributed by atoms with Gasteiger partial charge in [0.2, 0.25) is 15.9 Å². The van der Waals surface area contributed by atoms with E-state index in [-0.39, 0.29) is 23.2 Å². The first kappa shape index (κ1) is 19.6. The third-order valence-corrected chi connectivity index (χ3v) is 9.20. The van der Waals surface area contributed by atoms with Gasteiger partial charge >= 0.3 is 0 Å². The molecule has 28 heavy (non-hydrogen) atoms. The predicted octanol–water partition coefficient (Wildman–Crippen LogP) is 3.25. The minimum atomic E-state index is -3.70. The molecule has 0 bridgehead atoms. The fraction of sp³-hybridized carbons (Fsp3) is 0.222. The van der Waals surface area contributed by atoms with Crippen molar-refractivity contribution in [2.75, 3.05) is 11.6 Å². The van der Waals surface area contributed by atoms with E-state index >= 15 is 0 Å². The second kappa shape index (κ2) is 8.34. The second-order valence-corrected chi connectivity index (χ2v) is 10.8. The van der Waals surface area contributed by atoms with Crippen LogP contribution in [0.3, 0.4) is 0 Å². The molecular weight excluding hydrogens is 434 g/mol. The highest BCUT2D eigenvalue weighted by molar-refractivity contribution is 8.00. The van der Waals surface area contributed by atoms with Crippen LogP contribution in [0.25, 0.3) is 9.88 Å². The fourth-order valence-corrected chi connectivity index (χ4v) is 7.60. The number of thiophene rings is 1. The van der Waals surface area contributed by atoms with Crippen LogP contribution in [-0.4, -0.2) is 41.3 Å². The number of hydrogen-bond donors (Lipinski definition) is 1. The molecule has 0 saturated carbocycles. The lowest BCUT2D eigenvalue weighted by molar-refractivity contribution is -0.124.